The molecule has 122 valence electrons. The van der Waals surface area contributed by atoms with E-state index in [0.29, 0.717) is 4.47 Å². The minimum atomic E-state index is -0.390. The Bertz CT molecular complexity index is 545. The molecule has 1 aliphatic heterocycles. The van der Waals surface area contributed by atoms with E-state index in [9.17, 15) is 15.2 Å². The highest BCUT2D eigenvalue weighted by Gasteiger charge is 2.36. The Labute approximate surface area is 138 Å². The molecular weight excluding hydrogens is 350 g/mol. The molecule has 2 N–H and O–H groups in total. The molecule has 7 heteroatoms. The minimum absolute atomic E-state index is 0.0193. The molecule has 1 aromatic rings. The molecular formula is C15H22BrN3O3. The van der Waals surface area contributed by atoms with Gasteiger partial charge in [0.15, 0.2) is 0 Å². The number of benzene rings is 1. The van der Waals surface area contributed by atoms with Crippen LogP contribution in [0.2, 0.25) is 0 Å². The fourth-order valence-electron chi connectivity index (χ4n) is 3.02. The summed E-state index contributed by atoms with van der Waals surface area (Å²) in [6.07, 6.45) is 0. The van der Waals surface area contributed by atoms with Crippen molar-refractivity contribution in [3.8, 4) is 0 Å². The van der Waals surface area contributed by atoms with E-state index in [-0.39, 0.29) is 28.7 Å². The fraction of sp³-hybridized carbons (Fsp3) is 0.600. The molecule has 0 radical (unpaired) electrons. The number of aliphatic hydroxyl groups is 1. The third-order valence-electron chi connectivity index (χ3n) is 4.15. The van der Waals surface area contributed by atoms with Crippen LogP contribution in [0.3, 0.4) is 0 Å². The second-order valence-corrected chi connectivity index (χ2v) is 7.16. The minimum Gasteiger partial charge on any atom is -0.396 e. The summed E-state index contributed by atoms with van der Waals surface area (Å²) in [4.78, 5) is 13.1. The predicted octanol–water partition coefficient (Wildman–Crippen LogP) is 2.32. The van der Waals surface area contributed by atoms with Gasteiger partial charge in [0.1, 0.15) is 0 Å². The zero-order valence-corrected chi connectivity index (χ0v) is 14.5. The Hall–Kier alpha value is -1.02. The summed E-state index contributed by atoms with van der Waals surface area (Å²) in [6, 6.07) is 5.18. The molecule has 1 aromatic carbocycles. The molecule has 6 nitrogen and oxygen atoms in total. The highest BCUT2D eigenvalue weighted by Crippen LogP contribution is 2.40. The third-order valence-corrected chi connectivity index (χ3v) is 4.82. The van der Waals surface area contributed by atoms with E-state index >= 15 is 0 Å². The van der Waals surface area contributed by atoms with Gasteiger partial charge < -0.3 is 10.4 Å². The van der Waals surface area contributed by atoms with Gasteiger partial charge in [0.25, 0.3) is 5.69 Å². The number of piperazine rings is 1. The second kappa shape index (κ2) is 7.04. The molecule has 0 aromatic heterocycles. The molecule has 0 bridgehead atoms. The molecule has 0 unspecified atom stereocenters. The van der Waals surface area contributed by atoms with Crippen LogP contribution in [0, 0.1) is 15.5 Å². The van der Waals surface area contributed by atoms with E-state index in [1.54, 1.807) is 12.1 Å². The first-order valence-electron chi connectivity index (χ1n) is 7.36. The van der Waals surface area contributed by atoms with E-state index in [2.05, 4.69) is 26.1 Å². The lowest BCUT2D eigenvalue weighted by Crippen LogP contribution is -2.49. The standard InChI is InChI=1S/C15H22BrN3O3/c1-15(2,10-20)14(18-7-5-17-6-8-18)11-3-4-12(16)13(9-11)19(21)22/h3-4,9,14,17,20H,5-8,10H2,1-2H3/t14-/m0/s1. The van der Waals surface area contributed by atoms with Crippen molar-refractivity contribution in [3.63, 3.8) is 0 Å². The number of hydrogen-bond acceptors (Lipinski definition) is 5. The first-order chi connectivity index (χ1) is 10.4. The van der Waals surface area contributed by atoms with Crippen LogP contribution in [0.5, 0.6) is 0 Å². The summed E-state index contributed by atoms with van der Waals surface area (Å²) < 4.78 is 0.474. The van der Waals surface area contributed by atoms with Crippen LogP contribution in [0.1, 0.15) is 25.5 Å². The molecule has 0 saturated carbocycles. The number of nitrogens with zero attached hydrogens (tertiary/aromatic N) is 2. The smallest absolute Gasteiger partial charge is 0.283 e. The van der Waals surface area contributed by atoms with E-state index in [1.165, 1.54) is 0 Å². The van der Waals surface area contributed by atoms with E-state index in [4.69, 9.17) is 0 Å². The fourth-order valence-corrected chi connectivity index (χ4v) is 3.41. The monoisotopic (exact) mass is 371 g/mol. The summed E-state index contributed by atoms with van der Waals surface area (Å²) >= 11 is 3.23. The predicted molar refractivity (Wildman–Crippen MR) is 88.8 cm³/mol. The maximum atomic E-state index is 11.2. The van der Waals surface area contributed by atoms with Crippen molar-refractivity contribution in [2.75, 3.05) is 32.8 Å². The molecule has 1 fully saturated rings. The van der Waals surface area contributed by atoms with Crippen molar-refractivity contribution in [1.29, 1.82) is 0 Å². The van der Waals surface area contributed by atoms with Crippen molar-refractivity contribution in [1.82, 2.24) is 10.2 Å². The van der Waals surface area contributed by atoms with Gasteiger partial charge in [-0.15, -0.1) is 0 Å². The largest absolute Gasteiger partial charge is 0.396 e. The number of aliphatic hydroxyl groups excluding tert-OH is 1. The molecule has 22 heavy (non-hydrogen) atoms. The van der Waals surface area contributed by atoms with Crippen LogP contribution >= 0.6 is 15.9 Å². The highest BCUT2D eigenvalue weighted by atomic mass is 79.9. The Balaban J connectivity index is 2.44. The molecule has 1 aliphatic rings. The molecule has 1 heterocycles. The third kappa shape index (κ3) is 3.65. The van der Waals surface area contributed by atoms with Crippen molar-refractivity contribution >= 4 is 21.6 Å². The molecule has 0 aliphatic carbocycles. The van der Waals surface area contributed by atoms with Gasteiger partial charge in [0.05, 0.1) is 9.40 Å². The number of halogens is 1. The first-order valence-corrected chi connectivity index (χ1v) is 8.15. The Morgan fingerprint density at radius 2 is 2.09 bits per heavy atom. The normalized spacial score (nSPS) is 18.2. The Morgan fingerprint density at radius 3 is 2.64 bits per heavy atom. The van der Waals surface area contributed by atoms with Crippen LogP contribution in [0.25, 0.3) is 0 Å². The van der Waals surface area contributed by atoms with Crippen LogP contribution in [-0.4, -0.2) is 47.7 Å². The summed E-state index contributed by atoms with van der Waals surface area (Å²) in [5, 5.41) is 24.3. The molecule has 0 amide bonds. The van der Waals surface area contributed by atoms with Crippen molar-refractivity contribution in [2.24, 2.45) is 5.41 Å². The highest BCUT2D eigenvalue weighted by molar-refractivity contribution is 9.10. The number of rotatable bonds is 5. The van der Waals surface area contributed by atoms with Crippen LogP contribution in [0.4, 0.5) is 5.69 Å². The number of nitrogens with one attached hydrogen (secondary N) is 1. The molecule has 1 saturated heterocycles. The van der Waals surface area contributed by atoms with Crippen LogP contribution in [-0.2, 0) is 0 Å². The van der Waals surface area contributed by atoms with E-state index < -0.39 is 0 Å². The Kier molecular flexibility index (Phi) is 5.55. The van der Waals surface area contributed by atoms with Gasteiger partial charge in [-0.05, 0) is 27.6 Å². The zero-order chi connectivity index (χ0) is 16.3. The maximum Gasteiger partial charge on any atom is 0.283 e. The van der Waals surface area contributed by atoms with Gasteiger partial charge in [-0.1, -0.05) is 19.9 Å². The van der Waals surface area contributed by atoms with E-state index in [0.717, 1.165) is 31.7 Å². The lowest BCUT2D eigenvalue weighted by molar-refractivity contribution is -0.385. The number of nitro groups is 1. The molecule has 2 rings (SSSR count). The van der Waals surface area contributed by atoms with Gasteiger partial charge >= 0.3 is 0 Å². The topological polar surface area (TPSA) is 78.6 Å². The van der Waals surface area contributed by atoms with Crippen LogP contribution < -0.4 is 5.32 Å². The summed E-state index contributed by atoms with van der Waals surface area (Å²) in [5.74, 6) is 0. The summed E-state index contributed by atoms with van der Waals surface area (Å²) in [7, 11) is 0. The lowest BCUT2D eigenvalue weighted by atomic mass is 9.79. The Morgan fingerprint density at radius 1 is 1.45 bits per heavy atom. The van der Waals surface area contributed by atoms with Crippen molar-refractivity contribution in [3.05, 3.63) is 38.3 Å². The number of hydrogen-bond donors (Lipinski definition) is 2. The SMILES string of the molecule is CC(C)(CO)[C@H](c1ccc(Br)c([N+](=O)[O-])c1)N1CCNCC1. The maximum absolute atomic E-state index is 11.2. The van der Waals surface area contributed by atoms with Crippen molar-refractivity contribution in [2.45, 2.75) is 19.9 Å². The van der Waals surface area contributed by atoms with Gasteiger partial charge in [-0.25, -0.2) is 0 Å². The van der Waals surface area contributed by atoms with Gasteiger partial charge in [0, 0.05) is 50.3 Å². The lowest BCUT2D eigenvalue weighted by Gasteiger charge is -2.43. The average Bonchev–Trinajstić information content (AvgIpc) is 2.50. The zero-order valence-electron chi connectivity index (χ0n) is 12.9. The van der Waals surface area contributed by atoms with Gasteiger partial charge in [-0.2, -0.15) is 0 Å². The number of nitro benzene ring substituents is 1. The van der Waals surface area contributed by atoms with Crippen molar-refractivity contribution < 1.29 is 10.0 Å². The first kappa shape index (κ1) is 17.3. The van der Waals surface area contributed by atoms with Crippen LogP contribution in [0.15, 0.2) is 22.7 Å². The average molecular weight is 372 g/mol. The second-order valence-electron chi connectivity index (χ2n) is 6.30. The van der Waals surface area contributed by atoms with Gasteiger partial charge in [-0.3, -0.25) is 15.0 Å². The summed E-state index contributed by atoms with van der Waals surface area (Å²) in [5.41, 5.74) is 0.543. The molecule has 1 atom stereocenters. The quantitative estimate of drug-likeness (QED) is 0.613. The van der Waals surface area contributed by atoms with E-state index in [1.807, 2.05) is 19.9 Å². The van der Waals surface area contributed by atoms with Gasteiger partial charge in [0.2, 0.25) is 0 Å². The summed E-state index contributed by atoms with van der Waals surface area (Å²) in [6.45, 7) is 7.50. The molecule has 0 spiro atoms.